The molecule has 2 aromatic heterocycles. The summed E-state index contributed by atoms with van der Waals surface area (Å²) in [7, 11) is 0. The summed E-state index contributed by atoms with van der Waals surface area (Å²) in [5.41, 5.74) is 2.01. The van der Waals surface area contributed by atoms with Gasteiger partial charge in [-0.05, 0) is 42.5 Å². The first-order valence-electron chi connectivity index (χ1n) is 7.05. The van der Waals surface area contributed by atoms with Gasteiger partial charge in [0.1, 0.15) is 5.82 Å². The molecule has 6 heteroatoms. The Labute approximate surface area is 138 Å². The molecule has 1 aromatic carbocycles. The third-order valence-electron chi connectivity index (χ3n) is 3.32. The van der Waals surface area contributed by atoms with E-state index >= 15 is 0 Å². The van der Waals surface area contributed by atoms with Gasteiger partial charge in [-0.3, -0.25) is 14.8 Å². The second-order valence-electron chi connectivity index (χ2n) is 4.93. The van der Waals surface area contributed by atoms with Crippen LogP contribution in [0.4, 0.5) is 10.1 Å². The summed E-state index contributed by atoms with van der Waals surface area (Å²) in [6.07, 6.45) is 4.83. The number of benzene rings is 1. The van der Waals surface area contributed by atoms with Gasteiger partial charge >= 0.3 is 0 Å². The molecule has 5 nitrogen and oxygen atoms in total. The van der Waals surface area contributed by atoms with Crippen molar-refractivity contribution in [2.45, 2.75) is 0 Å². The Kier molecular flexibility index (Phi) is 4.25. The van der Waals surface area contributed by atoms with E-state index in [0.29, 0.717) is 11.4 Å². The smallest absolute Gasteiger partial charge is 0.258 e. The minimum atomic E-state index is -0.688. The quantitative estimate of drug-likeness (QED) is 0.799. The van der Waals surface area contributed by atoms with Crippen LogP contribution in [-0.4, -0.2) is 15.9 Å². The SMILES string of the molecule is N#Cc1ccc(F)c(C(=O)Nc2ccc(-c3cccnc3)nc2)c1.[HH]. The molecule has 2 heterocycles. The molecule has 1 amide bonds. The third-order valence-corrected chi connectivity index (χ3v) is 3.32. The zero-order valence-corrected chi connectivity index (χ0v) is 12.4. The Balaban J connectivity index is 0.00000225. The minimum Gasteiger partial charge on any atom is -0.320 e. The second kappa shape index (κ2) is 6.67. The van der Waals surface area contributed by atoms with Crippen LogP contribution in [0, 0.1) is 17.1 Å². The van der Waals surface area contributed by atoms with Gasteiger partial charge in [0, 0.05) is 19.4 Å². The fourth-order valence-corrected chi connectivity index (χ4v) is 2.12. The van der Waals surface area contributed by atoms with Gasteiger partial charge in [0.05, 0.1) is 34.8 Å². The molecule has 0 radical (unpaired) electrons. The highest BCUT2D eigenvalue weighted by Crippen LogP contribution is 2.18. The predicted octanol–water partition coefficient (Wildman–Crippen LogP) is 3.65. The molecule has 0 bridgehead atoms. The molecule has 118 valence electrons. The second-order valence-corrected chi connectivity index (χ2v) is 4.93. The van der Waals surface area contributed by atoms with E-state index < -0.39 is 11.7 Å². The number of carbonyl (C=O) groups excluding carboxylic acids is 1. The highest BCUT2D eigenvalue weighted by Gasteiger charge is 2.13. The maximum absolute atomic E-state index is 13.8. The summed E-state index contributed by atoms with van der Waals surface area (Å²) in [6, 6.07) is 12.6. The van der Waals surface area contributed by atoms with Gasteiger partial charge in [0.25, 0.3) is 5.91 Å². The molecule has 0 saturated carbocycles. The topological polar surface area (TPSA) is 78.7 Å². The van der Waals surface area contributed by atoms with Crippen molar-refractivity contribution in [3.8, 4) is 17.3 Å². The standard InChI is InChI=1S/C18H11FN4O.H2/c19-16-5-3-12(9-20)8-15(16)18(24)23-14-4-6-17(22-11-14)13-2-1-7-21-10-13;/h1-8,10-11H,(H,23,24);1H. The molecule has 1 N–H and O–H groups in total. The van der Waals surface area contributed by atoms with Crippen molar-refractivity contribution in [2.24, 2.45) is 0 Å². The van der Waals surface area contributed by atoms with Crippen LogP contribution in [0.1, 0.15) is 17.3 Å². The predicted molar refractivity (Wildman–Crippen MR) is 88.7 cm³/mol. The summed E-state index contributed by atoms with van der Waals surface area (Å²) < 4.78 is 13.8. The van der Waals surface area contributed by atoms with Crippen LogP contribution < -0.4 is 5.32 Å². The molecule has 0 unspecified atom stereocenters. The van der Waals surface area contributed by atoms with E-state index in [4.69, 9.17) is 5.26 Å². The van der Waals surface area contributed by atoms with Gasteiger partial charge in [-0.1, -0.05) is 0 Å². The van der Waals surface area contributed by atoms with Gasteiger partial charge < -0.3 is 5.32 Å². The maximum Gasteiger partial charge on any atom is 0.258 e. The van der Waals surface area contributed by atoms with Crippen LogP contribution in [0.3, 0.4) is 0 Å². The lowest BCUT2D eigenvalue weighted by Gasteiger charge is -2.07. The molecule has 0 saturated heterocycles. The first kappa shape index (κ1) is 15.3. The van der Waals surface area contributed by atoms with Gasteiger partial charge in [-0.25, -0.2) is 4.39 Å². The summed E-state index contributed by atoms with van der Waals surface area (Å²) in [5.74, 6) is -1.33. The summed E-state index contributed by atoms with van der Waals surface area (Å²) >= 11 is 0. The average Bonchev–Trinajstić information content (AvgIpc) is 2.63. The van der Waals surface area contributed by atoms with E-state index in [1.807, 2.05) is 12.1 Å². The molecule has 0 aliphatic heterocycles. The number of pyridine rings is 2. The molecule has 0 spiro atoms. The van der Waals surface area contributed by atoms with Crippen LogP contribution in [0.15, 0.2) is 61.1 Å². The third kappa shape index (κ3) is 3.25. The Hall–Kier alpha value is -3.59. The van der Waals surface area contributed by atoms with Crippen LogP contribution >= 0.6 is 0 Å². The number of aromatic nitrogens is 2. The lowest BCUT2D eigenvalue weighted by atomic mass is 10.1. The number of anilines is 1. The van der Waals surface area contributed by atoms with Crippen LogP contribution in [0.5, 0.6) is 0 Å². The number of rotatable bonds is 3. The van der Waals surface area contributed by atoms with Crippen molar-refractivity contribution in [3.63, 3.8) is 0 Å². The monoisotopic (exact) mass is 320 g/mol. The number of amides is 1. The summed E-state index contributed by atoms with van der Waals surface area (Å²) in [6.45, 7) is 0. The van der Waals surface area contributed by atoms with Crippen molar-refractivity contribution < 1.29 is 10.6 Å². The Morgan fingerprint density at radius 1 is 1.21 bits per heavy atom. The van der Waals surface area contributed by atoms with E-state index in [0.717, 1.165) is 11.6 Å². The Morgan fingerprint density at radius 3 is 2.75 bits per heavy atom. The van der Waals surface area contributed by atoms with E-state index in [1.54, 1.807) is 30.6 Å². The number of halogens is 1. The number of hydrogen-bond acceptors (Lipinski definition) is 4. The Morgan fingerprint density at radius 2 is 2.08 bits per heavy atom. The van der Waals surface area contributed by atoms with Crippen LogP contribution in [0.25, 0.3) is 11.3 Å². The summed E-state index contributed by atoms with van der Waals surface area (Å²) in [4.78, 5) is 20.4. The van der Waals surface area contributed by atoms with E-state index in [-0.39, 0.29) is 12.6 Å². The fourth-order valence-electron chi connectivity index (χ4n) is 2.12. The lowest BCUT2D eigenvalue weighted by Crippen LogP contribution is -2.14. The molecule has 24 heavy (non-hydrogen) atoms. The highest BCUT2D eigenvalue weighted by atomic mass is 19.1. The largest absolute Gasteiger partial charge is 0.320 e. The van der Waals surface area contributed by atoms with Crippen molar-refractivity contribution in [1.82, 2.24) is 9.97 Å². The van der Waals surface area contributed by atoms with E-state index in [2.05, 4.69) is 15.3 Å². The van der Waals surface area contributed by atoms with E-state index in [9.17, 15) is 9.18 Å². The molecule has 0 atom stereocenters. The average molecular weight is 320 g/mol. The van der Waals surface area contributed by atoms with Crippen molar-refractivity contribution in [1.29, 1.82) is 5.26 Å². The zero-order chi connectivity index (χ0) is 16.9. The zero-order valence-electron chi connectivity index (χ0n) is 12.4. The number of nitriles is 1. The fraction of sp³-hybridized carbons (Fsp3) is 0. The molecule has 0 fully saturated rings. The first-order chi connectivity index (χ1) is 11.7. The molecule has 0 aliphatic rings. The van der Waals surface area contributed by atoms with Gasteiger partial charge in [-0.2, -0.15) is 5.26 Å². The van der Waals surface area contributed by atoms with Crippen molar-refractivity contribution >= 4 is 11.6 Å². The summed E-state index contributed by atoms with van der Waals surface area (Å²) in [5, 5.41) is 11.4. The first-order valence-corrected chi connectivity index (χ1v) is 7.05. The van der Waals surface area contributed by atoms with Gasteiger partial charge in [0.15, 0.2) is 0 Å². The van der Waals surface area contributed by atoms with Gasteiger partial charge in [0.2, 0.25) is 0 Å². The van der Waals surface area contributed by atoms with E-state index in [1.165, 1.54) is 18.3 Å². The van der Waals surface area contributed by atoms with Crippen molar-refractivity contribution in [3.05, 3.63) is 78.0 Å². The molecule has 0 aliphatic carbocycles. The van der Waals surface area contributed by atoms with Crippen molar-refractivity contribution in [2.75, 3.05) is 5.32 Å². The van der Waals surface area contributed by atoms with Gasteiger partial charge in [-0.15, -0.1) is 0 Å². The van der Waals surface area contributed by atoms with Crippen LogP contribution in [0.2, 0.25) is 0 Å². The lowest BCUT2D eigenvalue weighted by molar-refractivity contribution is 0.102. The number of carbonyl (C=O) groups is 1. The van der Waals surface area contributed by atoms with Crippen LogP contribution in [-0.2, 0) is 0 Å². The Bertz CT molecular complexity index is 924. The number of nitrogens with zero attached hydrogens (tertiary/aromatic N) is 3. The minimum absolute atomic E-state index is 0. The number of hydrogen-bond donors (Lipinski definition) is 1. The number of nitrogens with one attached hydrogen (secondary N) is 1. The molecule has 3 aromatic rings. The molecular weight excluding hydrogens is 307 g/mol. The highest BCUT2D eigenvalue weighted by molar-refractivity contribution is 6.04. The molecule has 3 rings (SSSR count). The normalized spacial score (nSPS) is 10.0. The maximum atomic E-state index is 13.8. The molecular formula is C18H13FN4O.